The van der Waals surface area contributed by atoms with Crippen molar-refractivity contribution in [3.8, 4) is 0 Å². The van der Waals surface area contributed by atoms with Crippen molar-refractivity contribution in [2.24, 2.45) is 5.73 Å². The summed E-state index contributed by atoms with van der Waals surface area (Å²) in [5, 5.41) is 0. The van der Waals surface area contributed by atoms with E-state index >= 15 is 0 Å². The first-order valence-electron chi connectivity index (χ1n) is 5.73. The van der Waals surface area contributed by atoms with Gasteiger partial charge in [-0.25, -0.2) is 4.98 Å². The van der Waals surface area contributed by atoms with Gasteiger partial charge in [-0.05, 0) is 23.8 Å². The number of halogens is 1. The largest absolute Gasteiger partial charge is 0.363 e. The Morgan fingerprint density at radius 1 is 1.47 bits per heavy atom. The van der Waals surface area contributed by atoms with Crippen LogP contribution in [0.5, 0.6) is 0 Å². The molecule has 2 N–H and O–H groups in total. The minimum Gasteiger partial charge on any atom is -0.363 e. The van der Waals surface area contributed by atoms with Crippen LogP contribution in [-0.2, 0) is 6.42 Å². The third kappa shape index (κ3) is 1.88. The van der Waals surface area contributed by atoms with E-state index in [4.69, 9.17) is 5.73 Å². The highest BCUT2D eigenvalue weighted by atomic mass is 79.9. The van der Waals surface area contributed by atoms with Crippen LogP contribution in [0.4, 0.5) is 0 Å². The minimum absolute atomic E-state index is 0.0111. The van der Waals surface area contributed by atoms with Crippen LogP contribution >= 0.6 is 15.9 Å². The van der Waals surface area contributed by atoms with Crippen LogP contribution in [0.15, 0.2) is 35.1 Å². The predicted octanol–water partition coefficient (Wildman–Crippen LogP) is 1.72. The summed E-state index contributed by atoms with van der Waals surface area (Å²) in [6.07, 6.45) is 3.64. The van der Waals surface area contributed by atoms with Gasteiger partial charge < -0.3 is 10.3 Å². The Morgan fingerprint density at radius 3 is 3.00 bits per heavy atom. The third-order valence-electron chi connectivity index (χ3n) is 3.27. The molecule has 1 aliphatic carbocycles. The Hall–Kier alpha value is -1.95. The molecule has 96 valence electrons. The van der Waals surface area contributed by atoms with E-state index < -0.39 is 11.9 Å². The molecule has 0 spiro atoms. The first-order chi connectivity index (χ1) is 9.08. The highest BCUT2D eigenvalue weighted by molar-refractivity contribution is 9.10. The zero-order valence-corrected chi connectivity index (χ0v) is 11.4. The van der Waals surface area contributed by atoms with Crippen molar-refractivity contribution in [1.29, 1.82) is 0 Å². The molecule has 1 atom stereocenters. The molecule has 1 unspecified atom stereocenters. The number of Topliss-reactive ketones (excluding diaryl/α,β-unsaturated/α-hetero) is 1. The molecule has 0 bridgehead atoms. The molecule has 2 aromatic rings. The summed E-state index contributed by atoms with van der Waals surface area (Å²) in [6.45, 7) is 0. The number of nitrogens with two attached hydrogens (primary N) is 1. The van der Waals surface area contributed by atoms with Gasteiger partial charge in [0.05, 0.1) is 0 Å². The van der Waals surface area contributed by atoms with Crippen LogP contribution in [-0.4, -0.2) is 21.2 Å². The van der Waals surface area contributed by atoms with Gasteiger partial charge in [-0.15, -0.1) is 0 Å². The minimum atomic E-state index is -0.630. The van der Waals surface area contributed by atoms with Gasteiger partial charge in [-0.3, -0.25) is 9.59 Å². The highest BCUT2D eigenvalue weighted by Gasteiger charge is 2.33. The Bertz CT molecular complexity index is 693. The zero-order chi connectivity index (χ0) is 13.6. The summed E-state index contributed by atoms with van der Waals surface area (Å²) in [7, 11) is 0. The topological polar surface area (TPSA) is 78.0 Å². The average Bonchev–Trinajstić information content (AvgIpc) is 2.94. The zero-order valence-electron chi connectivity index (χ0n) is 9.84. The molecule has 6 heteroatoms. The number of aromatic nitrogens is 2. The summed E-state index contributed by atoms with van der Waals surface area (Å²) in [5.41, 5.74) is 6.92. The number of rotatable bonds is 2. The molecule has 0 saturated carbocycles. The van der Waals surface area contributed by atoms with Gasteiger partial charge >= 0.3 is 0 Å². The lowest BCUT2D eigenvalue weighted by atomic mass is 10.1. The monoisotopic (exact) mass is 319 g/mol. The van der Waals surface area contributed by atoms with E-state index in [-0.39, 0.29) is 11.6 Å². The van der Waals surface area contributed by atoms with Gasteiger partial charge in [0.15, 0.2) is 11.6 Å². The molecule has 0 fully saturated rings. The van der Waals surface area contributed by atoms with E-state index in [2.05, 4.69) is 20.9 Å². The fraction of sp³-hybridized carbons (Fsp3) is 0.154. The number of imidazole rings is 1. The van der Waals surface area contributed by atoms with Crippen LogP contribution in [0, 0.1) is 0 Å². The van der Waals surface area contributed by atoms with Crippen LogP contribution in [0.1, 0.15) is 32.6 Å². The number of amides is 1. The summed E-state index contributed by atoms with van der Waals surface area (Å²) in [5.74, 6) is -0.525. The molecule has 1 aliphatic rings. The molecule has 1 aromatic heterocycles. The quantitative estimate of drug-likeness (QED) is 0.915. The standard InChI is InChI=1S/C13H10BrN3O2/c14-8-1-2-9-7(5-8)6-10(11(9)18)17-4-3-16-13(17)12(15)19/h1-5,10H,6H2,(H2,15,19). The van der Waals surface area contributed by atoms with E-state index in [1.54, 1.807) is 16.8 Å². The average molecular weight is 320 g/mol. The van der Waals surface area contributed by atoms with Gasteiger partial charge in [0.1, 0.15) is 6.04 Å². The van der Waals surface area contributed by atoms with Crippen LogP contribution in [0.25, 0.3) is 0 Å². The Labute approximate surface area is 117 Å². The summed E-state index contributed by atoms with van der Waals surface area (Å²) >= 11 is 3.39. The highest BCUT2D eigenvalue weighted by Crippen LogP contribution is 2.32. The second-order valence-corrected chi connectivity index (χ2v) is 5.32. The van der Waals surface area contributed by atoms with E-state index in [1.165, 1.54) is 6.20 Å². The van der Waals surface area contributed by atoms with Crippen molar-refractivity contribution in [3.63, 3.8) is 0 Å². The normalized spacial score (nSPS) is 17.5. The molecular formula is C13H10BrN3O2. The van der Waals surface area contributed by atoms with E-state index in [0.29, 0.717) is 12.0 Å². The van der Waals surface area contributed by atoms with Gasteiger partial charge in [-0.2, -0.15) is 0 Å². The number of nitrogens with zero attached hydrogens (tertiary/aromatic N) is 2. The molecule has 0 aliphatic heterocycles. The smallest absolute Gasteiger partial charge is 0.284 e. The fourth-order valence-electron chi connectivity index (χ4n) is 2.43. The second-order valence-electron chi connectivity index (χ2n) is 4.41. The molecular weight excluding hydrogens is 310 g/mol. The fourth-order valence-corrected chi connectivity index (χ4v) is 2.84. The molecule has 1 heterocycles. The number of benzene rings is 1. The maximum Gasteiger partial charge on any atom is 0.284 e. The van der Waals surface area contributed by atoms with Gasteiger partial charge in [0, 0.05) is 28.9 Å². The third-order valence-corrected chi connectivity index (χ3v) is 3.77. The Balaban J connectivity index is 2.04. The first-order valence-corrected chi connectivity index (χ1v) is 6.52. The number of carbonyl (C=O) groups excluding carboxylic acids is 2. The molecule has 3 rings (SSSR count). The molecule has 1 amide bonds. The lowest BCUT2D eigenvalue weighted by molar-refractivity contribution is 0.0931. The SMILES string of the molecule is NC(=O)c1nccn1C1Cc2cc(Br)ccc2C1=O. The molecule has 0 saturated heterocycles. The van der Waals surface area contributed by atoms with Crippen LogP contribution in [0.3, 0.4) is 0 Å². The van der Waals surface area contributed by atoms with Crippen molar-refractivity contribution in [2.45, 2.75) is 12.5 Å². The number of primary amides is 1. The maximum absolute atomic E-state index is 12.4. The Kier molecular flexibility index (Phi) is 2.74. The first kappa shape index (κ1) is 12.1. The molecule has 5 nitrogen and oxygen atoms in total. The number of ketones is 1. The summed E-state index contributed by atoms with van der Waals surface area (Å²) < 4.78 is 2.49. The van der Waals surface area contributed by atoms with Crippen molar-refractivity contribution in [2.75, 3.05) is 0 Å². The summed E-state index contributed by atoms with van der Waals surface area (Å²) in [6, 6.07) is 5.12. The van der Waals surface area contributed by atoms with Crippen molar-refractivity contribution >= 4 is 27.6 Å². The van der Waals surface area contributed by atoms with Crippen molar-refractivity contribution in [1.82, 2.24) is 9.55 Å². The van der Waals surface area contributed by atoms with E-state index in [1.807, 2.05) is 12.1 Å². The number of hydrogen-bond acceptors (Lipinski definition) is 3. The van der Waals surface area contributed by atoms with E-state index in [0.717, 1.165) is 10.0 Å². The van der Waals surface area contributed by atoms with Gasteiger partial charge in [-0.1, -0.05) is 15.9 Å². The molecule has 0 radical (unpaired) electrons. The molecule has 1 aromatic carbocycles. The molecule has 19 heavy (non-hydrogen) atoms. The van der Waals surface area contributed by atoms with Gasteiger partial charge in [0.25, 0.3) is 5.91 Å². The number of hydrogen-bond donors (Lipinski definition) is 1. The van der Waals surface area contributed by atoms with Gasteiger partial charge in [0.2, 0.25) is 0 Å². The Morgan fingerprint density at radius 2 is 2.26 bits per heavy atom. The summed E-state index contributed by atoms with van der Waals surface area (Å²) in [4.78, 5) is 27.6. The lowest BCUT2D eigenvalue weighted by Gasteiger charge is -2.11. The lowest BCUT2D eigenvalue weighted by Crippen LogP contribution is -2.23. The van der Waals surface area contributed by atoms with Crippen molar-refractivity contribution in [3.05, 3.63) is 52.0 Å². The van der Waals surface area contributed by atoms with Crippen LogP contribution in [0.2, 0.25) is 0 Å². The van der Waals surface area contributed by atoms with Crippen LogP contribution < -0.4 is 5.73 Å². The second kappa shape index (κ2) is 4.31. The van der Waals surface area contributed by atoms with Crippen molar-refractivity contribution < 1.29 is 9.59 Å². The number of fused-ring (bicyclic) bond motifs is 1. The predicted molar refractivity (Wildman–Crippen MR) is 72.0 cm³/mol. The maximum atomic E-state index is 12.4. The number of carbonyl (C=O) groups is 2. The van der Waals surface area contributed by atoms with E-state index in [9.17, 15) is 9.59 Å².